The fourth-order valence-electron chi connectivity index (χ4n) is 2.32. The van der Waals surface area contributed by atoms with Crippen LogP contribution in [0, 0.1) is 5.82 Å². The molecule has 0 atom stereocenters. The van der Waals surface area contributed by atoms with E-state index < -0.39 is 11.8 Å². The minimum absolute atomic E-state index is 0.0192. The molecule has 0 radical (unpaired) electrons. The second kappa shape index (κ2) is 8.32. The molecule has 23 heavy (non-hydrogen) atoms. The Morgan fingerprint density at radius 3 is 2.43 bits per heavy atom. The van der Waals surface area contributed by atoms with Crippen LogP contribution >= 0.6 is 0 Å². The van der Waals surface area contributed by atoms with Gasteiger partial charge in [-0.15, -0.1) is 0 Å². The Balaban J connectivity index is 1.97. The van der Waals surface area contributed by atoms with Crippen LogP contribution in [0.2, 0.25) is 0 Å². The lowest BCUT2D eigenvalue weighted by Crippen LogP contribution is -1.98. The van der Waals surface area contributed by atoms with Gasteiger partial charge in [0, 0.05) is 0 Å². The maximum absolute atomic E-state index is 13.8. The van der Waals surface area contributed by atoms with Gasteiger partial charge in [-0.1, -0.05) is 38.3 Å². The Morgan fingerprint density at radius 1 is 1.09 bits per heavy atom. The van der Waals surface area contributed by atoms with Crippen LogP contribution in [-0.4, -0.2) is 11.1 Å². The molecule has 0 heterocycles. The number of halogens is 1. The molecule has 4 heteroatoms. The highest BCUT2D eigenvalue weighted by Gasteiger charge is 2.10. The van der Waals surface area contributed by atoms with Crippen LogP contribution in [0.25, 0.3) is 0 Å². The zero-order valence-electron chi connectivity index (χ0n) is 13.2. The maximum Gasteiger partial charge on any atom is 0.335 e. The van der Waals surface area contributed by atoms with E-state index in [0.29, 0.717) is 5.75 Å². The van der Waals surface area contributed by atoms with E-state index in [-0.39, 0.29) is 11.3 Å². The quantitative estimate of drug-likeness (QED) is 0.660. The number of hydrogen-bond acceptors (Lipinski definition) is 2. The Hall–Kier alpha value is -2.36. The predicted molar refractivity (Wildman–Crippen MR) is 87.7 cm³/mol. The molecule has 0 saturated heterocycles. The summed E-state index contributed by atoms with van der Waals surface area (Å²) < 4.78 is 19.3. The van der Waals surface area contributed by atoms with Crippen molar-refractivity contribution in [2.45, 2.75) is 39.0 Å². The van der Waals surface area contributed by atoms with Crippen molar-refractivity contribution >= 4 is 5.97 Å². The first-order valence-electron chi connectivity index (χ1n) is 7.90. The van der Waals surface area contributed by atoms with Gasteiger partial charge in [-0.2, -0.15) is 0 Å². The van der Waals surface area contributed by atoms with Gasteiger partial charge in [-0.05, 0) is 48.7 Å². The van der Waals surface area contributed by atoms with Gasteiger partial charge in [-0.25, -0.2) is 9.18 Å². The van der Waals surface area contributed by atoms with Crippen molar-refractivity contribution in [1.82, 2.24) is 0 Å². The van der Waals surface area contributed by atoms with E-state index in [0.717, 1.165) is 12.5 Å². The topological polar surface area (TPSA) is 46.5 Å². The number of carboxylic acids is 1. The molecular weight excluding hydrogens is 295 g/mol. The summed E-state index contributed by atoms with van der Waals surface area (Å²) >= 11 is 0. The largest absolute Gasteiger partial charge is 0.478 e. The number of ether oxygens (including phenoxy) is 1. The average molecular weight is 316 g/mol. The first kappa shape index (κ1) is 17.0. The zero-order valence-corrected chi connectivity index (χ0v) is 13.2. The third-order valence-corrected chi connectivity index (χ3v) is 3.65. The first-order valence-corrected chi connectivity index (χ1v) is 7.90. The maximum atomic E-state index is 13.8. The van der Waals surface area contributed by atoms with Gasteiger partial charge in [0.2, 0.25) is 0 Å². The second-order valence-corrected chi connectivity index (χ2v) is 5.51. The van der Waals surface area contributed by atoms with Crippen molar-refractivity contribution < 1.29 is 19.0 Å². The Morgan fingerprint density at radius 2 is 1.83 bits per heavy atom. The van der Waals surface area contributed by atoms with Crippen LogP contribution in [0.1, 0.15) is 48.5 Å². The fraction of sp³-hybridized carbons (Fsp3) is 0.316. The van der Waals surface area contributed by atoms with E-state index in [2.05, 4.69) is 6.92 Å². The monoisotopic (exact) mass is 316 g/mol. The fourth-order valence-corrected chi connectivity index (χ4v) is 2.32. The number of hydrogen-bond donors (Lipinski definition) is 1. The van der Waals surface area contributed by atoms with Crippen molar-refractivity contribution in [3.63, 3.8) is 0 Å². The van der Waals surface area contributed by atoms with Gasteiger partial charge in [0.25, 0.3) is 0 Å². The summed E-state index contributed by atoms with van der Waals surface area (Å²) in [5, 5.41) is 8.82. The van der Waals surface area contributed by atoms with E-state index in [1.165, 1.54) is 43.4 Å². The standard InChI is InChI=1S/C19H21FO3/c1-2-3-4-5-6-14-7-10-16(11-8-14)23-18-12-9-15(19(21)22)13-17(18)20/h7-13H,2-6H2,1H3,(H,21,22). The second-order valence-electron chi connectivity index (χ2n) is 5.51. The summed E-state index contributed by atoms with van der Waals surface area (Å²) in [6, 6.07) is 11.2. The van der Waals surface area contributed by atoms with Gasteiger partial charge >= 0.3 is 5.97 Å². The molecule has 0 fully saturated rings. The van der Waals surface area contributed by atoms with E-state index in [9.17, 15) is 9.18 Å². The Kier molecular flexibility index (Phi) is 6.15. The molecule has 0 saturated carbocycles. The van der Waals surface area contributed by atoms with Crippen LogP contribution in [-0.2, 0) is 6.42 Å². The molecule has 3 nitrogen and oxygen atoms in total. The molecule has 0 aliphatic heterocycles. The van der Waals surface area contributed by atoms with Crippen molar-refractivity contribution in [3.8, 4) is 11.5 Å². The molecule has 1 N–H and O–H groups in total. The summed E-state index contributed by atoms with van der Waals surface area (Å²) in [6.07, 6.45) is 5.91. The van der Waals surface area contributed by atoms with Gasteiger partial charge in [0.1, 0.15) is 5.75 Å². The molecule has 0 unspecified atom stereocenters. The minimum Gasteiger partial charge on any atom is -0.478 e. The molecule has 0 spiro atoms. The summed E-state index contributed by atoms with van der Waals surface area (Å²) in [5.74, 6) is -1.30. The number of carbonyl (C=O) groups is 1. The molecule has 2 aromatic rings. The van der Waals surface area contributed by atoms with E-state index in [1.807, 2.05) is 12.1 Å². The zero-order chi connectivity index (χ0) is 16.7. The number of carboxylic acid groups (broad SMARTS) is 1. The number of aromatic carboxylic acids is 1. The number of rotatable bonds is 8. The van der Waals surface area contributed by atoms with Gasteiger partial charge < -0.3 is 9.84 Å². The van der Waals surface area contributed by atoms with E-state index in [1.54, 1.807) is 12.1 Å². The SMILES string of the molecule is CCCCCCc1ccc(Oc2ccc(C(=O)O)cc2F)cc1. The smallest absolute Gasteiger partial charge is 0.335 e. The summed E-state index contributed by atoms with van der Waals surface area (Å²) in [4.78, 5) is 10.8. The van der Waals surface area contributed by atoms with Crippen molar-refractivity contribution in [2.24, 2.45) is 0 Å². The molecule has 122 valence electrons. The lowest BCUT2D eigenvalue weighted by Gasteiger charge is -2.08. The van der Waals surface area contributed by atoms with Gasteiger partial charge in [0.05, 0.1) is 5.56 Å². The molecule has 2 rings (SSSR count). The number of unbranched alkanes of at least 4 members (excludes halogenated alkanes) is 3. The summed E-state index contributed by atoms with van der Waals surface area (Å²) in [7, 11) is 0. The minimum atomic E-state index is -1.16. The lowest BCUT2D eigenvalue weighted by atomic mass is 10.1. The number of aryl methyl sites for hydroxylation is 1. The van der Waals surface area contributed by atoms with Crippen LogP contribution in [0.15, 0.2) is 42.5 Å². The van der Waals surface area contributed by atoms with Crippen LogP contribution in [0.3, 0.4) is 0 Å². The highest BCUT2D eigenvalue weighted by Crippen LogP contribution is 2.25. The Bertz CT molecular complexity index is 650. The highest BCUT2D eigenvalue weighted by atomic mass is 19.1. The van der Waals surface area contributed by atoms with Crippen molar-refractivity contribution in [2.75, 3.05) is 0 Å². The highest BCUT2D eigenvalue weighted by molar-refractivity contribution is 5.87. The molecular formula is C19H21FO3. The Labute approximate surface area is 135 Å². The third kappa shape index (κ3) is 5.09. The average Bonchev–Trinajstić information content (AvgIpc) is 2.55. The molecule has 0 bridgehead atoms. The van der Waals surface area contributed by atoms with Crippen molar-refractivity contribution in [3.05, 3.63) is 59.4 Å². The third-order valence-electron chi connectivity index (χ3n) is 3.65. The summed E-state index contributed by atoms with van der Waals surface area (Å²) in [5.41, 5.74) is 1.13. The predicted octanol–water partition coefficient (Wildman–Crippen LogP) is 5.44. The summed E-state index contributed by atoms with van der Waals surface area (Å²) in [6.45, 7) is 2.19. The normalized spacial score (nSPS) is 10.5. The van der Waals surface area contributed by atoms with Crippen LogP contribution in [0.4, 0.5) is 4.39 Å². The van der Waals surface area contributed by atoms with Crippen LogP contribution < -0.4 is 4.74 Å². The molecule has 0 amide bonds. The molecule has 0 aliphatic carbocycles. The number of benzene rings is 2. The lowest BCUT2D eigenvalue weighted by molar-refractivity contribution is 0.0696. The molecule has 0 aliphatic rings. The van der Waals surface area contributed by atoms with E-state index >= 15 is 0 Å². The van der Waals surface area contributed by atoms with Gasteiger partial charge in [-0.3, -0.25) is 0 Å². The van der Waals surface area contributed by atoms with Crippen LogP contribution in [0.5, 0.6) is 11.5 Å². The molecule has 0 aromatic heterocycles. The van der Waals surface area contributed by atoms with E-state index in [4.69, 9.17) is 9.84 Å². The van der Waals surface area contributed by atoms with Gasteiger partial charge in [0.15, 0.2) is 11.6 Å². The molecule has 2 aromatic carbocycles. The van der Waals surface area contributed by atoms with Crippen molar-refractivity contribution in [1.29, 1.82) is 0 Å². The first-order chi connectivity index (χ1) is 11.1.